The van der Waals surface area contributed by atoms with Gasteiger partial charge >= 0.3 is 0 Å². The molecule has 0 bridgehead atoms. The molecule has 0 saturated carbocycles. The van der Waals surface area contributed by atoms with Crippen LogP contribution in [0.1, 0.15) is 58.3 Å². The average Bonchev–Trinajstić information content (AvgIpc) is 2.34. The molecule has 0 aromatic rings. The van der Waals surface area contributed by atoms with Crippen molar-refractivity contribution in [2.24, 2.45) is 0 Å². The minimum atomic E-state index is 0.0914. The molecule has 0 aromatic heterocycles. The first-order valence-electron chi connectivity index (χ1n) is 6.81. The number of unbranched alkanes of at least 4 members (excludes halogenated alkanes) is 3. The van der Waals surface area contributed by atoms with E-state index in [-0.39, 0.29) is 6.29 Å². The molecule has 1 atom stereocenters. The topological polar surface area (TPSA) is 18.5 Å². The Hall–Kier alpha value is -0.340. The average molecular weight is 226 g/mol. The molecule has 1 saturated heterocycles. The van der Waals surface area contributed by atoms with Crippen LogP contribution in [-0.4, -0.2) is 19.5 Å². The molecule has 0 amide bonds. The van der Waals surface area contributed by atoms with Crippen LogP contribution < -0.4 is 0 Å². The van der Waals surface area contributed by atoms with E-state index in [4.69, 9.17) is 9.47 Å². The van der Waals surface area contributed by atoms with Crippen LogP contribution in [0.15, 0.2) is 12.2 Å². The van der Waals surface area contributed by atoms with Crippen molar-refractivity contribution >= 4 is 0 Å². The largest absolute Gasteiger partial charge is 0.353 e. The third kappa shape index (κ3) is 7.02. The molecule has 1 aliphatic rings. The summed E-state index contributed by atoms with van der Waals surface area (Å²) in [6, 6.07) is 0. The minimum absolute atomic E-state index is 0.0914. The van der Waals surface area contributed by atoms with Crippen LogP contribution in [0, 0.1) is 0 Å². The highest BCUT2D eigenvalue weighted by Crippen LogP contribution is 2.14. The van der Waals surface area contributed by atoms with E-state index in [1.807, 2.05) is 0 Å². The highest BCUT2D eigenvalue weighted by Gasteiger charge is 2.12. The van der Waals surface area contributed by atoms with Crippen molar-refractivity contribution in [2.45, 2.75) is 64.6 Å². The van der Waals surface area contributed by atoms with E-state index >= 15 is 0 Å². The lowest BCUT2D eigenvalue weighted by molar-refractivity contribution is -0.162. The Morgan fingerprint density at radius 1 is 1.19 bits per heavy atom. The first-order chi connectivity index (χ1) is 7.93. The first-order valence-corrected chi connectivity index (χ1v) is 6.81. The molecule has 0 N–H and O–H groups in total. The van der Waals surface area contributed by atoms with Crippen molar-refractivity contribution in [1.29, 1.82) is 0 Å². The SMILES string of the molecule is CC/C=C\CCCCCOC1CCCCO1. The summed E-state index contributed by atoms with van der Waals surface area (Å²) in [4.78, 5) is 0. The normalized spacial score (nSPS) is 21.7. The maximum absolute atomic E-state index is 5.67. The fourth-order valence-electron chi connectivity index (χ4n) is 1.88. The predicted molar refractivity (Wildman–Crippen MR) is 67.4 cm³/mol. The molecule has 1 unspecified atom stereocenters. The van der Waals surface area contributed by atoms with Gasteiger partial charge in [0.2, 0.25) is 0 Å². The molecule has 1 rings (SSSR count). The summed E-state index contributed by atoms with van der Waals surface area (Å²) in [6.07, 6.45) is 14.2. The van der Waals surface area contributed by atoms with Gasteiger partial charge in [-0.05, 0) is 44.9 Å². The molecule has 1 aliphatic heterocycles. The van der Waals surface area contributed by atoms with Crippen LogP contribution >= 0.6 is 0 Å². The Balaban J connectivity index is 1.82. The van der Waals surface area contributed by atoms with Crippen LogP contribution in [0.25, 0.3) is 0 Å². The molecule has 94 valence electrons. The van der Waals surface area contributed by atoms with Crippen LogP contribution in [0.3, 0.4) is 0 Å². The second-order valence-corrected chi connectivity index (χ2v) is 4.40. The second kappa shape index (κ2) is 9.86. The van der Waals surface area contributed by atoms with Crippen LogP contribution in [0.5, 0.6) is 0 Å². The first kappa shape index (κ1) is 13.7. The Morgan fingerprint density at radius 3 is 2.88 bits per heavy atom. The van der Waals surface area contributed by atoms with Gasteiger partial charge in [0.1, 0.15) is 0 Å². The Labute approximate surface area is 100 Å². The van der Waals surface area contributed by atoms with Gasteiger partial charge in [-0.2, -0.15) is 0 Å². The van der Waals surface area contributed by atoms with Gasteiger partial charge in [-0.25, -0.2) is 0 Å². The smallest absolute Gasteiger partial charge is 0.157 e. The molecule has 0 aliphatic carbocycles. The summed E-state index contributed by atoms with van der Waals surface area (Å²) >= 11 is 0. The van der Waals surface area contributed by atoms with Gasteiger partial charge in [0, 0.05) is 13.2 Å². The van der Waals surface area contributed by atoms with E-state index in [9.17, 15) is 0 Å². The second-order valence-electron chi connectivity index (χ2n) is 4.40. The summed E-state index contributed by atoms with van der Waals surface area (Å²) in [5.74, 6) is 0. The maximum Gasteiger partial charge on any atom is 0.157 e. The van der Waals surface area contributed by atoms with E-state index < -0.39 is 0 Å². The molecule has 2 heteroatoms. The van der Waals surface area contributed by atoms with Gasteiger partial charge in [-0.1, -0.05) is 25.5 Å². The molecule has 0 spiro atoms. The predicted octanol–water partition coefficient (Wildman–Crippen LogP) is 4.06. The summed E-state index contributed by atoms with van der Waals surface area (Å²) in [7, 11) is 0. The monoisotopic (exact) mass is 226 g/mol. The number of hydrogen-bond acceptors (Lipinski definition) is 2. The van der Waals surface area contributed by atoms with Crippen molar-refractivity contribution in [3.05, 3.63) is 12.2 Å². The van der Waals surface area contributed by atoms with Gasteiger partial charge in [0.15, 0.2) is 6.29 Å². The number of allylic oxidation sites excluding steroid dienone is 2. The van der Waals surface area contributed by atoms with Gasteiger partial charge in [-0.15, -0.1) is 0 Å². The zero-order valence-electron chi connectivity index (χ0n) is 10.6. The highest BCUT2D eigenvalue weighted by atomic mass is 16.7. The van der Waals surface area contributed by atoms with Crippen LogP contribution in [0.4, 0.5) is 0 Å². The van der Waals surface area contributed by atoms with E-state index in [1.165, 1.54) is 38.5 Å². The number of ether oxygens (including phenoxy) is 2. The molecule has 16 heavy (non-hydrogen) atoms. The summed E-state index contributed by atoms with van der Waals surface area (Å²) in [5, 5.41) is 0. The van der Waals surface area contributed by atoms with Crippen molar-refractivity contribution in [1.82, 2.24) is 0 Å². The van der Waals surface area contributed by atoms with E-state index in [0.717, 1.165) is 26.1 Å². The summed E-state index contributed by atoms with van der Waals surface area (Å²) < 4.78 is 11.2. The van der Waals surface area contributed by atoms with Crippen molar-refractivity contribution in [3.8, 4) is 0 Å². The number of hydrogen-bond donors (Lipinski definition) is 0. The Kier molecular flexibility index (Phi) is 8.45. The molecule has 0 aromatic carbocycles. The van der Waals surface area contributed by atoms with E-state index in [0.29, 0.717) is 0 Å². The van der Waals surface area contributed by atoms with Gasteiger partial charge in [0.25, 0.3) is 0 Å². The van der Waals surface area contributed by atoms with Gasteiger partial charge < -0.3 is 9.47 Å². The van der Waals surface area contributed by atoms with Crippen molar-refractivity contribution < 1.29 is 9.47 Å². The fourth-order valence-corrected chi connectivity index (χ4v) is 1.88. The number of rotatable bonds is 8. The van der Waals surface area contributed by atoms with Gasteiger partial charge in [-0.3, -0.25) is 0 Å². The molecule has 0 radical (unpaired) electrons. The van der Waals surface area contributed by atoms with Crippen LogP contribution in [0.2, 0.25) is 0 Å². The lowest BCUT2D eigenvalue weighted by Crippen LogP contribution is -2.22. The zero-order chi connectivity index (χ0) is 11.5. The zero-order valence-corrected chi connectivity index (χ0v) is 10.6. The summed E-state index contributed by atoms with van der Waals surface area (Å²) in [5.41, 5.74) is 0. The highest BCUT2D eigenvalue weighted by molar-refractivity contribution is 4.79. The molecule has 2 nitrogen and oxygen atoms in total. The third-order valence-corrected chi connectivity index (χ3v) is 2.86. The van der Waals surface area contributed by atoms with E-state index in [2.05, 4.69) is 19.1 Å². The minimum Gasteiger partial charge on any atom is -0.353 e. The molecule has 1 heterocycles. The van der Waals surface area contributed by atoms with E-state index in [1.54, 1.807) is 0 Å². The van der Waals surface area contributed by atoms with Gasteiger partial charge in [0.05, 0.1) is 0 Å². The standard InChI is InChI=1S/C14H26O2/c1-2-3-4-5-6-7-9-12-15-14-11-8-10-13-16-14/h3-4,14H,2,5-13H2,1H3/b4-3-. The Morgan fingerprint density at radius 2 is 2.12 bits per heavy atom. The third-order valence-electron chi connectivity index (χ3n) is 2.86. The lowest BCUT2D eigenvalue weighted by atomic mass is 10.2. The molecular formula is C14H26O2. The van der Waals surface area contributed by atoms with Crippen molar-refractivity contribution in [2.75, 3.05) is 13.2 Å². The lowest BCUT2D eigenvalue weighted by Gasteiger charge is -2.22. The molecule has 1 fully saturated rings. The van der Waals surface area contributed by atoms with Crippen molar-refractivity contribution in [3.63, 3.8) is 0 Å². The maximum atomic E-state index is 5.67. The summed E-state index contributed by atoms with van der Waals surface area (Å²) in [6.45, 7) is 3.92. The quantitative estimate of drug-likeness (QED) is 0.459. The fraction of sp³-hybridized carbons (Fsp3) is 0.857. The Bertz CT molecular complexity index is 172. The molecular weight excluding hydrogens is 200 g/mol. The van der Waals surface area contributed by atoms with Crippen LogP contribution in [-0.2, 0) is 9.47 Å².